The van der Waals surface area contributed by atoms with E-state index in [2.05, 4.69) is 35.2 Å². The van der Waals surface area contributed by atoms with Gasteiger partial charge in [-0.25, -0.2) is 0 Å². The topological polar surface area (TPSA) is 49.6 Å². The number of likely N-dealkylation sites (tertiary alicyclic amines) is 1. The molecule has 0 aliphatic carbocycles. The Kier molecular flexibility index (Phi) is 9.10. The molecule has 0 spiro atoms. The first-order chi connectivity index (χ1) is 12.0. The van der Waals surface area contributed by atoms with Crippen LogP contribution in [0.4, 0.5) is 5.69 Å². The summed E-state index contributed by atoms with van der Waals surface area (Å²) in [6.07, 6.45) is 2.02. The standard InChI is InChI=1S/C21H27N3O.2ClH/c1-16-8-9-18(22)14-20(16)21(25)23(2)19-10-12-24(13-11-19)15-17-6-4-3-5-7-17;;/h3-9,14,19H,10-13,15,22H2,1-2H3;2*1H. The molecule has 0 aromatic heterocycles. The minimum absolute atomic E-state index is 0. The van der Waals surface area contributed by atoms with Gasteiger partial charge in [-0.05, 0) is 43.0 Å². The number of carbonyl (C=O) groups is 1. The van der Waals surface area contributed by atoms with Crippen LogP contribution in [0.15, 0.2) is 48.5 Å². The summed E-state index contributed by atoms with van der Waals surface area (Å²) >= 11 is 0. The number of anilines is 1. The Balaban J connectivity index is 0.00000182. The molecule has 1 amide bonds. The summed E-state index contributed by atoms with van der Waals surface area (Å²) in [6.45, 7) is 4.99. The molecule has 0 bridgehead atoms. The lowest BCUT2D eigenvalue weighted by Gasteiger charge is -2.37. The number of nitrogen functional groups attached to an aromatic ring is 1. The average Bonchev–Trinajstić information content (AvgIpc) is 2.64. The summed E-state index contributed by atoms with van der Waals surface area (Å²) < 4.78 is 0. The van der Waals surface area contributed by atoms with Gasteiger partial charge in [-0.3, -0.25) is 9.69 Å². The number of piperidine rings is 1. The first kappa shape index (κ1) is 23.3. The fourth-order valence-electron chi connectivity index (χ4n) is 3.53. The van der Waals surface area contributed by atoms with Crippen molar-refractivity contribution in [2.75, 3.05) is 25.9 Å². The van der Waals surface area contributed by atoms with Gasteiger partial charge in [0.15, 0.2) is 0 Å². The number of nitrogens with zero attached hydrogens (tertiary/aromatic N) is 2. The van der Waals surface area contributed by atoms with Crippen molar-refractivity contribution >= 4 is 36.4 Å². The molecule has 27 heavy (non-hydrogen) atoms. The molecule has 2 N–H and O–H groups in total. The van der Waals surface area contributed by atoms with E-state index in [4.69, 9.17) is 5.73 Å². The number of nitrogens with two attached hydrogens (primary N) is 1. The van der Waals surface area contributed by atoms with Crippen molar-refractivity contribution in [3.63, 3.8) is 0 Å². The maximum Gasteiger partial charge on any atom is 0.254 e. The molecule has 1 saturated heterocycles. The van der Waals surface area contributed by atoms with Crippen LogP contribution in [0.3, 0.4) is 0 Å². The first-order valence-corrected chi connectivity index (χ1v) is 8.94. The van der Waals surface area contributed by atoms with Gasteiger partial charge in [0.05, 0.1) is 0 Å². The molecule has 4 nitrogen and oxygen atoms in total. The zero-order chi connectivity index (χ0) is 17.8. The van der Waals surface area contributed by atoms with Crippen molar-refractivity contribution in [3.8, 4) is 0 Å². The Morgan fingerprint density at radius 2 is 1.74 bits per heavy atom. The van der Waals surface area contributed by atoms with Gasteiger partial charge < -0.3 is 10.6 Å². The van der Waals surface area contributed by atoms with Crippen LogP contribution in [-0.4, -0.2) is 41.9 Å². The number of hydrogen-bond acceptors (Lipinski definition) is 3. The van der Waals surface area contributed by atoms with Crippen LogP contribution in [0.5, 0.6) is 0 Å². The quantitative estimate of drug-likeness (QED) is 0.771. The summed E-state index contributed by atoms with van der Waals surface area (Å²) in [5, 5.41) is 0. The molecule has 0 saturated carbocycles. The van der Waals surface area contributed by atoms with Gasteiger partial charge in [-0.15, -0.1) is 24.8 Å². The van der Waals surface area contributed by atoms with Crippen molar-refractivity contribution in [3.05, 3.63) is 65.2 Å². The monoisotopic (exact) mass is 409 g/mol. The second-order valence-corrected chi connectivity index (χ2v) is 6.98. The lowest BCUT2D eigenvalue weighted by Crippen LogP contribution is -2.45. The van der Waals surface area contributed by atoms with Gasteiger partial charge in [0.1, 0.15) is 0 Å². The van der Waals surface area contributed by atoms with Crippen LogP contribution >= 0.6 is 24.8 Å². The highest BCUT2D eigenvalue weighted by molar-refractivity contribution is 5.96. The number of rotatable bonds is 4. The predicted octanol–water partition coefficient (Wildman–Crippen LogP) is 4.16. The SMILES string of the molecule is Cc1ccc(N)cc1C(=O)N(C)C1CCN(Cc2ccccc2)CC1.Cl.Cl. The number of halogens is 2. The van der Waals surface area contributed by atoms with Gasteiger partial charge in [0.25, 0.3) is 5.91 Å². The van der Waals surface area contributed by atoms with Crippen LogP contribution in [0.1, 0.15) is 34.3 Å². The summed E-state index contributed by atoms with van der Waals surface area (Å²) in [5.74, 6) is 0.0753. The molecule has 1 aliphatic rings. The Labute approximate surface area is 174 Å². The van der Waals surface area contributed by atoms with E-state index in [-0.39, 0.29) is 30.7 Å². The Bertz CT molecular complexity index is 731. The molecule has 0 radical (unpaired) electrons. The van der Waals surface area contributed by atoms with Gasteiger partial charge >= 0.3 is 0 Å². The third-order valence-corrected chi connectivity index (χ3v) is 5.17. The first-order valence-electron chi connectivity index (χ1n) is 8.94. The van der Waals surface area contributed by atoms with E-state index in [1.807, 2.05) is 31.0 Å². The van der Waals surface area contributed by atoms with Crippen LogP contribution in [0.2, 0.25) is 0 Å². The molecule has 1 aliphatic heterocycles. The number of carbonyl (C=O) groups excluding carboxylic acids is 1. The Morgan fingerprint density at radius 3 is 2.37 bits per heavy atom. The second-order valence-electron chi connectivity index (χ2n) is 6.98. The van der Waals surface area contributed by atoms with Gasteiger partial charge in [0, 0.05) is 44.0 Å². The van der Waals surface area contributed by atoms with Crippen LogP contribution in [0.25, 0.3) is 0 Å². The zero-order valence-electron chi connectivity index (χ0n) is 15.9. The lowest BCUT2D eigenvalue weighted by atomic mass is 10.0. The lowest BCUT2D eigenvalue weighted by molar-refractivity contribution is 0.0636. The highest BCUT2D eigenvalue weighted by Crippen LogP contribution is 2.21. The molecule has 148 valence electrons. The van der Waals surface area contributed by atoms with E-state index >= 15 is 0 Å². The summed E-state index contributed by atoms with van der Waals surface area (Å²) in [4.78, 5) is 17.2. The molecule has 0 unspecified atom stereocenters. The number of benzene rings is 2. The molecule has 1 heterocycles. The zero-order valence-corrected chi connectivity index (χ0v) is 17.6. The highest BCUT2D eigenvalue weighted by Gasteiger charge is 2.26. The fourth-order valence-corrected chi connectivity index (χ4v) is 3.53. The molecule has 0 atom stereocenters. The number of aryl methyl sites for hydroxylation is 1. The molecule has 3 rings (SSSR count). The highest BCUT2D eigenvalue weighted by atomic mass is 35.5. The van der Waals surface area contributed by atoms with E-state index in [1.54, 1.807) is 6.07 Å². The molecular weight excluding hydrogens is 381 g/mol. The minimum Gasteiger partial charge on any atom is -0.399 e. The molecule has 2 aromatic rings. The maximum absolute atomic E-state index is 12.8. The molecular formula is C21H29Cl2N3O. The van der Waals surface area contributed by atoms with E-state index in [1.165, 1.54) is 5.56 Å². The van der Waals surface area contributed by atoms with Crippen molar-refractivity contribution in [1.82, 2.24) is 9.80 Å². The fraction of sp³-hybridized carbons (Fsp3) is 0.381. The largest absolute Gasteiger partial charge is 0.399 e. The smallest absolute Gasteiger partial charge is 0.254 e. The Morgan fingerprint density at radius 1 is 1.11 bits per heavy atom. The predicted molar refractivity (Wildman–Crippen MR) is 117 cm³/mol. The molecule has 2 aromatic carbocycles. The second kappa shape index (κ2) is 10.5. The third kappa shape index (κ3) is 5.86. The summed E-state index contributed by atoms with van der Waals surface area (Å²) in [7, 11) is 1.92. The van der Waals surface area contributed by atoms with Gasteiger partial charge in [0.2, 0.25) is 0 Å². The molecule has 6 heteroatoms. The van der Waals surface area contributed by atoms with Crippen LogP contribution < -0.4 is 5.73 Å². The van der Waals surface area contributed by atoms with E-state index in [0.717, 1.165) is 38.0 Å². The number of hydrogen-bond donors (Lipinski definition) is 1. The number of amides is 1. The third-order valence-electron chi connectivity index (χ3n) is 5.17. The normalized spacial score (nSPS) is 14.7. The van der Waals surface area contributed by atoms with E-state index < -0.39 is 0 Å². The molecule has 1 fully saturated rings. The summed E-state index contributed by atoms with van der Waals surface area (Å²) in [5.41, 5.74) is 9.54. The average molecular weight is 410 g/mol. The van der Waals surface area contributed by atoms with Gasteiger partial charge in [-0.2, -0.15) is 0 Å². The van der Waals surface area contributed by atoms with Crippen molar-refractivity contribution < 1.29 is 4.79 Å². The van der Waals surface area contributed by atoms with E-state index in [9.17, 15) is 4.79 Å². The van der Waals surface area contributed by atoms with Crippen molar-refractivity contribution in [2.24, 2.45) is 0 Å². The minimum atomic E-state index is 0. The summed E-state index contributed by atoms with van der Waals surface area (Å²) in [6, 6.07) is 16.4. The van der Waals surface area contributed by atoms with Crippen molar-refractivity contribution in [1.29, 1.82) is 0 Å². The maximum atomic E-state index is 12.8. The van der Waals surface area contributed by atoms with Crippen LogP contribution in [0, 0.1) is 6.92 Å². The van der Waals surface area contributed by atoms with Crippen molar-refractivity contribution in [2.45, 2.75) is 32.4 Å². The van der Waals surface area contributed by atoms with Crippen LogP contribution in [-0.2, 0) is 6.54 Å². The Hall–Kier alpha value is -1.75. The van der Waals surface area contributed by atoms with E-state index in [0.29, 0.717) is 17.3 Å². The van der Waals surface area contributed by atoms with Gasteiger partial charge in [-0.1, -0.05) is 36.4 Å².